The number of hydrogen-bond donors (Lipinski definition) is 0. The zero-order valence-corrected chi connectivity index (χ0v) is 7.04. The predicted octanol–water partition coefficient (Wildman–Crippen LogP) is 3.77. The fraction of sp³-hybridized carbons (Fsp3) is 1.00. The maximum Gasteiger partial charge on any atom is 0.391 e. The summed E-state index contributed by atoms with van der Waals surface area (Å²) in [7, 11) is 0. The normalized spacial score (nSPS) is 15.0. The molecule has 3 heteroatoms. The van der Waals surface area contributed by atoms with Crippen molar-refractivity contribution >= 4 is 0 Å². The van der Waals surface area contributed by atoms with Crippen LogP contribution in [0, 0.1) is 5.92 Å². The summed E-state index contributed by atoms with van der Waals surface area (Å²) in [6, 6.07) is 0. The molecule has 0 amide bonds. The highest BCUT2D eigenvalue weighted by Gasteiger charge is 2.37. The van der Waals surface area contributed by atoms with Gasteiger partial charge in [0.2, 0.25) is 0 Å². The van der Waals surface area contributed by atoms with E-state index < -0.39 is 12.1 Å². The van der Waals surface area contributed by atoms with Gasteiger partial charge < -0.3 is 0 Å². The van der Waals surface area contributed by atoms with Gasteiger partial charge in [0.25, 0.3) is 0 Å². The van der Waals surface area contributed by atoms with Crippen LogP contribution >= 0.6 is 0 Å². The summed E-state index contributed by atoms with van der Waals surface area (Å²) in [6.45, 7) is 3.50. The van der Waals surface area contributed by atoms with Crippen LogP contribution in [0.3, 0.4) is 0 Å². The molecule has 68 valence electrons. The van der Waals surface area contributed by atoms with Crippen LogP contribution in [0.15, 0.2) is 0 Å². The molecule has 0 saturated carbocycles. The maximum atomic E-state index is 12.0. The smallest absolute Gasteiger partial charge is 0.171 e. The van der Waals surface area contributed by atoms with Crippen molar-refractivity contribution in [3.8, 4) is 0 Å². The van der Waals surface area contributed by atoms with Crippen LogP contribution in [-0.4, -0.2) is 6.18 Å². The van der Waals surface area contributed by atoms with Crippen molar-refractivity contribution in [2.45, 2.75) is 45.7 Å². The van der Waals surface area contributed by atoms with Crippen molar-refractivity contribution in [1.82, 2.24) is 0 Å². The SMILES string of the molecule is CCCCC(CC)C(F)(F)F. The lowest BCUT2D eigenvalue weighted by Crippen LogP contribution is -2.21. The van der Waals surface area contributed by atoms with Gasteiger partial charge in [-0.05, 0) is 12.8 Å². The van der Waals surface area contributed by atoms with Crippen LogP contribution in [0.1, 0.15) is 39.5 Å². The summed E-state index contributed by atoms with van der Waals surface area (Å²) >= 11 is 0. The lowest BCUT2D eigenvalue weighted by atomic mass is 9.99. The van der Waals surface area contributed by atoms with Gasteiger partial charge >= 0.3 is 6.18 Å². The van der Waals surface area contributed by atoms with E-state index in [0.717, 1.165) is 6.42 Å². The molecular formula is C8H15F3. The molecule has 0 nitrogen and oxygen atoms in total. The van der Waals surface area contributed by atoms with Crippen molar-refractivity contribution in [2.75, 3.05) is 0 Å². The first-order valence-corrected chi connectivity index (χ1v) is 4.09. The van der Waals surface area contributed by atoms with E-state index in [4.69, 9.17) is 0 Å². The van der Waals surface area contributed by atoms with Crippen molar-refractivity contribution in [3.05, 3.63) is 0 Å². The third kappa shape index (κ3) is 4.27. The fourth-order valence-corrected chi connectivity index (χ4v) is 1.05. The summed E-state index contributed by atoms with van der Waals surface area (Å²) in [5, 5.41) is 0. The Morgan fingerprint density at radius 3 is 2.00 bits per heavy atom. The highest BCUT2D eigenvalue weighted by molar-refractivity contribution is 4.65. The molecule has 0 aromatic carbocycles. The minimum atomic E-state index is -3.98. The van der Waals surface area contributed by atoms with E-state index >= 15 is 0 Å². The molecule has 0 heterocycles. The van der Waals surface area contributed by atoms with E-state index in [1.54, 1.807) is 6.92 Å². The molecule has 0 aliphatic rings. The second kappa shape index (κ2) is 4.62. The Kier molecular flexibility index (Phi) is 4.54. The van der Waals surface area contributed by atoms with Gasteiger partial charge in [-0.3, -0.25) is 0 Å². The quantitative estimate of drug-likeness (QED) is 0.599. The van der Waals surface area contributed by atoms with Crippen molar-refractivity contribution in [2.24, 2.45) is 5.92 Å². The summed E-state index contributed by atoms with van der Waals surface area (Å²) in [6.07, 6.45) is -1.96. The van der Waals surface area contributed by atoms with Gasteiger partial charge in [-0.25, -0.2) is 0 Å². The van der Waals surface area contributed by atoms with Crippen molar-refractivity contribution in [1.29, 1.82) is 0 Å². The van der Waals surface area contributed by atoms with Gasteiger partial charge in [0.1, 0.15) is 0 Å². The van der Waals surface area contributed by atoms with Gasteiger partial charge in [-0.1, -0.05) is 26.7 Å². The van der Waals surface area contributed by atoms with Gasteiger partial charge in [0.15, 0.2) is 0 Å². The Morgan fingerprint density at radius 1 is 1.18 bits per heavy atom. The summed E-state index contributed by atoms with van der Waals surface area (Å²) in [5.41, 5.74) is 0. The molecular weight excluding hydrogens is 153 g/mol. The lowest BCUT2D eigenvalue weighted by Gasteiger charge is -2.17. The van der Waals surface area contributed by atoms with E-state index in [1.807, 2.05) is 6.92 Å². The highest BCUT2D eigenvalue weighted by atomic mass is 19.4. The number of rotatable bonds is 4. The molecule has 0 bridgehead atoms. The molecule has 0 aliphatic carbocycles. The van der Waals surface area contributed by atoms with Crippen LogP contribution in [0.4, 0.5) is 13.2 Å². The maximum absolute atomic E-state index is 12.0. The van der Waals surface area contributed by atoms with Crippen LogP contribution in [0.25, 0.3) is 0 Å². The summed E-state index contributed by atoms with van der Waals surface area (Å²) in [4.78, 5) is 0. The largest absolute Gasteiger partial charge is 0.391 e. The van der Waals surface area contributed by atoms with Gasteiger partial charge in [0, 0.05) is 0 Å². The monoisotopic (exact) mass is 168 g/mol. The summed E-state index contributed by atoms with van der Waals surface area (Å²) in [5.74, 6) is -1.08. The Labute approximate surface area is 65.8 Å². The first-order chi connectivity index (χ1) is 5.02. The molecule has 0 spiro atoms. The first-order valence-electron chi connectivity index (χ1n) is 4.09. The molecule has 0 aromatic rings. The Hall–Kier alpha value is -0.210. The number of unbranched alkanes of at least 4 members (excludes halogenated alkanes) is 1. The van der Waals surface area contributed by atoms with E-state index in [1.165, 1.54) is 0 Å². The second-order valence-electron chi connectivity index (χ2n) is 2.79. The number of alkyl halides is 3. The van der Waals surface area contributed by atoms with Gasteiger partial charge in [-0.2, -0.15) is 13.2 Å². The molecule has 0 saturated heterocycles. The zero-order chi connectivity index (χ0) is 8.91. The third-order valence-electron chi connectivity index (χ3n) is 1.86. The minimum Gasteiger partial charge on any atom is -0.171 e. The number of hydrogen-bond acceptors (Lipinski definition) is 0. The van der Waals surface area contributed by atoms with E-state index in [-0.39, 0.29) is 12.8 Å². The predicted molar refractivity (Wildman–Crippen MR) is 39.4 cm³/mol. The molecule has 0 radical (unpaired) electrons. The molecule has 11 heavy (non-hydrogen) atoms. The first kappa shape index (κ1) is 10.8. The number of halogens is 3. The Balaban J connectivity index is 3.76. The fourth-order valence-electron chi connectivity index (χ4n) is 1.05. The molecule has 0 aliphatic heterocycles. The van der Waals surface area contributed by atoms with Gasteiger partial charge in [-0.15, -0.1) is 0 Å². The molecule has 0 fully saturated rings. The molecule has 1 unspecified atom stereocenters. The average molecular weight is 168 g/mol. The van der Waals surface area contributed by atoms with E-state index in [9.17, 15) is 13.2 Å². The zero-order valence-electron chi connectivity index (χ0n) is 7.04. The highest BCUT2D eigenvalue weighted by Crippen LogP contribution is 2.32. The van der Waals surface area contributed by atoms with Gasteiger partial charge in [0.05, 0.1) is 5.92 Å². The Morgan fingerprint density at radius 2 is 1.73 bits per heavy atom. The van der Waals surface area contributed by atoms with Crippen LogP contribution in [-0.2, 0) is 0 Å². The molecule has 0 rings (SSSR count). The van der Waals surface area contributed by atoms with Crippen LogP contribution < -0.4 is 0 Å². The van der Waals surface area contributed by atoms with Crippen molar-refractivity contribution in [3.63, 3.8) is 0 Å². The molecule has 0 N–H and O–H groups in total. The van der Waals surface area contributed by atoms with E-state index in [0.29, 0.717) is 6.42 Å². The summed E-state index contributed by atoms with van der Waals surface area (Å²) < 4.78 is 36.1. The molecule has 0 aromatic heterocycles. The van der Waals surface area contributed by atoms with E-state index in [2.05, 4.69) is 0 Å². The van der Waals surface area contributed by atoms with Crippen LogP contribution in [0.5, 0.6) is 0 Å². The lowest BCUT2D eigenvalue weighted by molar-refractivity contribution is -0.177. The Bertz CT molecular complexity index is 96.0. The average Bonchev–Trinajstić information content (AvgIpc) is 1.87. The topological polar surface area (TPSA) is 0 Å². The van der Waals surface area contributed by atoms with Crippen molar-refractivity contribution < 1.29 is 13.2 Å². The second-order valence-corrected chi connectivity index (χ2v) is 2.79. The third-order valence-corrected chi connectivity index (χ3v) is 1.86. The molecule has 1 atom stereocenters. The van der Waals surface area contributed by atoms with Crippen LogP contribution in [0.2, 0.25) is 0 Å². The standard InChI is InChI=1S/C8H15F3/c1-3-5-6-7(4-2)8(9,10)11/h7H,3-6H2,1-2H3. The minimum absolute atomic E-state index is 0.212.